The van der Waals surface area contributed by atoms with E-state index in [1.807, 2.05) is 7.05 Å². The molecule has 5 heteroatoms. The molecule has 0 aromatic heterocycles. The number of likely N-dealkylation sites (tertiary alicyclic amines) is 1. The van der Waals surface area contributed by atoms with Gasteiger partial charge in [0, 0.05) is 32.7 Å². The molecule has 0 spiro atoms. The molecule has 0 aliphatic carbocycles. The summed E-state index contributed by atoms with van der Waals surface area (Å²) in [5.41, 5.74) is 0. The van der Waals surface area contributed by atoms with E-state index >= 15 is 0 Å². The minimum absolute atomic E-state index is 0. The first-order valence-corrected chi connectivity index (χ1v) is 7.32. The molecule has 0 aromatic rings. The van der Waals surface area contributed by atoms with Gasteiger partial charge in [-0.05, 0) is 32.2 Å². The van der Waals surface area contributed by atoms with Crippen molar-refractivity contribution < 1.29 is 0 Å². The van der Waals surface area contributed by atoms with E-state index < -0.39 is 0 Å². The molecule has 1 aliphatic rings. The van der Waals surface area contributed by atoms with Gasteiger partial charge in [-0.25, -0.2) is 0 Å². The lowest BCUT2D eigenvalue weighted by atomic mass is 10.0. The first-order valence-electron chi connectivity index (χ1n) is 7.32. The molecule has 1 saturated heterocycles. The molecule has 19 heavy (non-hydrogen) atoms. The lowest BCUT2D eigenvalue weighted by Crippen LogP contribution is -2.45. The van der Waals surface area contributed by atoms with Crippen LogP contribution in [0.3, 0.4) is 0 Å². The highest BCUT2D eigenvalue weighted by molar-refractivity contribution is 14.0. The Bertz CT molecular complexity index is 256. The van der Waals surface area contributed by atoms with E-state index in [9.17, 15) is 0 Å². The molecular weight excluding hydrogens is 351 g/mol. The Morgan fingerprint density at radius 3 is 2.63 bits per heavy atom. The number of guanidine groups is 1. The fourth-order valence-electron chi connectivity index (χ4n) is 2.33. The van der Waals surface area contributed by atoms with Crippen LogP contribution in [-0.2, 0) is 0 Å². The first kappa shape index (κ1) is 19.0. The molecule has 0 bridgehead atoms. The molecule has 0 amide bonds. The summed E-state index contributed by atoms with van der Waals surface area (Å²) in [5, 5.41) is 6.73. The van der Waals surface area contributed by atoms with Gasteiger partial charge in [-0.2, -0.15) is 0 Å². The quantitative estimate of drug-likeness (QED) is 0.436. The van der Waals surface area contributed by atoms with E-state index in [0.29, 0.717) is 5.92 Å². The van der Waals surface area contributed by atoms with Crippen molar-refractivity contribution >= 4 is 29.9 Å². The summed E-state index contributed by atoms with van der Waals surface area (Å²) in [6.45, 7) is 11.1. The summed E-state index contributed by atoms with van der Waals surface area (Å²) in [4.78, 5) is 6.81. The molecule has 2 N–H and O–H groups in total. The van der Waals surface area contributed by atoms with Crippen molar-refractivity contribution in [2.75, 3.05) is 33.2 Å². The van der Waals surface area contributed by atoms with Crippen LogP contribution in [0.2, 0.25) is 0 Å². The van der Waals surface area contributed by atoms with Crippen molar-refractivity contribution in [3.63, 3.8) is 0 Å². The third-order valence-electron chi connectivity index (χ3n) is 3.53. The van der Waals surface area contributed by atoms with Gasteiger partial charge in [-0.3, -0.25) is 9.89 Å². The number of hydrogen-bond acceptors (Lipinski definition) is 2. The van der Waals surface area contributed by atoms with E-state index in [1.54, 1.807) is 0 Å². The SMILES string of the molecule is CN=C(NCCN1CCCCC1C)NCC(C)C.I. The van der Waals surface area contributed by atoms with Gasteiger partial charge < -0.3 is 10.6 Å². The molecule has 0 saturated carbocycles. The number of rotatable bonds is 5. The van der Waals surface area contributed by atoms with Gasteiger partial charge in [0.1, 0.15) is 0 Å². The summed E-state index contributed by atoms with van der Waals surface area (Å²) in [5.74, 6) is 1.57. The summed E-state index contributed by atoms with van der Waals surface area (Å²) in [6, 6.07) is 0.742. The summed E-state index contributed by atoms with van der Waals surface area (Å²) in [6.07, 6.45) is 4.09. The summed E-state index contributed by atoms with van der Waals surface area (Å²) >= 11 is 0. The van der Waals surface area contributed by atoms with Crippen molar-refractivity contribution in [2.24, 2.45) is 10.9 Å². The standard InChI is InChI=1S/C14H30N4.HI/c1-12(2)11-17-14(15-4)16-8-10-18-9-6-5-7-13(18)3;/h12-13H,5-11H2,1-4H3,(H2,15,16,17);1H. The lowest BCUT2D eigenvalue weighted by Gasteiger charge is -2.33. The van der Waals surface area contributed by atoms with Crippen LogP contribution in [-0.4, -0.2) is 50.1 Å². The largest absolute Gasteiger partial charge is 0.356 e. The monoisotopic (exact) mass is 382 g/mol. The van der Waals surface area contributed by atoms with Crippen molar-refractivity contribution in [1.82, 2.24) is 15.5 Å². The Hall–Kier alpha value is -0.0400. The van der Waals surface area contributed by atoms with Crippen molar-refractivity contribution in [3.05, 3.63) is 0 Å². The Kier molecular flexibility index (Phi) is 10.7. The van der Waals surface area contributed by atoms with Crippen molar-refractivity contribution in [2.45, 2.75) is 46.1 Å². The maximum atomic E-state index is 4.24. The number of nitrogens with one attached hydrogen (secondary N) is 2. The average Bonchev–Trinajstić information content (AvgIpc) is 2.35. The molecule has 0 aromatic carbocycles. The van der Waals surface area contributed by atoms with E-state index in [0.717, 1.165) is 31.6 Å². The third kappa shape index (κ3) is 7.97. The highest BCUT2D eigenvalue weighted by Crippen LogP contribution is 2.15. The second-order valence-corrected chi connectivity index (χ2v) is 5.65. The fourth-order valence-corrected chi connectivity index (χ4v) is 2.33. The lowest BCUT2D eigenvalue weighted by molar-refractivity contribution is 0.163. The topological polar surface area (TPSA) is 39.7 Å². The number of nitrogens with zero attached hydrogens (tertiary/aromatic N) is 2. The van der Waals surface area contributed by atoms with Crippen LogP contribution in [0, 0.1) is 5.92 Å². The second-order valence-electron chi connectivity index (χ2n) is 5.65. The third-order valence-corrected chi connectivity index (χ3v) is 3.53. The van der Waals surface area contributed by atoms with Crippen LogP contribution < -0.4 is 10.6 Å². The maximum absolute atomic E-state index is 4.24. The molecule has 1 unspecified atom stereocenters. The number of hydrogen-bond donors (Lipinski definition) is 2. The van der Waals surface area contributed by atoms with E-state index in [1.165, 1.54) is 25.8 Å². The van der Waals surface area contributed by atoms with Gasteiger partial charge in [0.15, 0.2) is 5.96 Å². The van der Waals surface area contributed by atoms with Gasteiger partial charge >= 0.3 is 0 Å². The van der Waals surface area contributed by atoms with Crippen LogP contribution in [0.15, 0.2) is 4.99 Å². The fraction of sp³-hybridized carbons (Fsp3) is 0.929. The molecule has 1 atom stereocenters. The van der Waals surface area contributed by atoms with Gasteiger partial charge in [0.2, 0.25) is 0 Å². The number of halogens is 1. The molecule has 1 aliphatic heterocycles. The Morgan fingerprint density at radius 2 is 2.05 bits per heavy atom. The minimum Gasteiger partial charge on any atom is -0.356 e. The van der Waals surface area contributed by atoms with Crippen LogP contribution >= 0.6 is 24.0 Å². The highest BCUT2D eigenvalue weighted by atomic mass is 127. The smallest absolute Gasteiger partial charge is 0.191 e. The zero-order chi connectivity index (χ0) is 13.4. The van der Waals surface area contributed by atoms with Crippen molar-refractivity contribution in [3.8, 4) is 0 Å². The Balaban J connectivity index is 0.00000324. The predicted molar refractivity (Wildman–Crippen MR) is 94.5 cm³/mol. The Morgan fingerprint density at radius 1 is 1.32 bits per heavy atom. The van der Waals surface area contributed by atoms with Gasteiger partial charge in [-0.1, -0.05) is 20.3 Å². The Labute approximate surface area is 135 Å². The van der Waals surface area contributed by atoms with Crippen LogP contribution in [0.1, 0.15) is 40.0 Å². The van der Waals surface area contributed by atoms with Crippen LogP contribution in [0.25, 0.3) is 0 Å². The van der Waals surface area contributed by atoms with E-state index in [-0.39, 0.29) is 24.0 Å². The second kappa shape index (κ2) is 10.7. The van der Waals surface area contributed by atoms with Gasteiger partial charge in [0.25, 0.3) is 0 Å². The molecule has 0 radical (unpaired) electrons. The first-order chi connectivity index (χ1) is 8.63. The summed E-state index contributed by atoms with van der Waals surface area (Å²) < 4.78 is 0. The van der Waals surface area contributed by atoms with Gasteiger partial charge in [0.05, 0.1) is 0 Å². The minimum atomic E-state index is 0. The molecule has 114 valence electrons. The van der Waals surface area contributed by atoms with E-state index in [4.69, 9.17) is 0 Å². The molecular formula is C14H31IN4. The predicted octanol–water partition coefficient (Wildman–Crippen LogP) is 2.30. The van der Waals surface area contributed by atoms with Crippen molar-refractivity contribution in [1.29, 1.82) is 0 Å². The highest BCUT2D eigenvalue weighted by Gasteiger charge is 2.17. The van der Waals surface area contributed by atoms with Crippen LogP contribution in [0.4, 0.5) is 0 Å². The molecule has 1 rings (SSSR count). The average molecular weight is 382 g/mol. The normalized spacial score (nSPS) is 21.1. The van der Waals surface area contributed by atoms with Crippen LogP contribution in [0.5, 0.6) is 0 Å². The molecule has 1 heterocycles. The molecule has 4 nitrogen and oxygen atoms in total. The number of piperidine rings is 1. The zero-order valence-electron chi connectivity index (χ0n) is 12.9. The zero-order valence-corrected chi connectivity index (χ0v) is 15.2. The van der Waals surface area contributed by atoms with E-state index in [2.05, 4.69) is 41.3 Å². The summed E-state index contributed by atoms with van der Waals surface area (Å²) in [7, 11) is 1.83. The number of aliphatic imine (C=N–C) groups is 1. The maximum Gasteiger partial charge on any atom is 0.191 e. The molecule has 1 fully saturated rings. The van der Waals surface area contributed by atoms with Gasteiger partial charge in [-0.15, -0.1) is 24.0 Å².